The highest BCUT2D eigenvalue weighted by molar-refractivity contribution is 7.09. The van der Waals surface area contributed by atoms with Gasteiger partial charge in [0.2, 0.25) is 5.82 Å². The van der Waals surface area contributed by atoms with Gasteiger partial charge in [-0.2, -0.15) is 0 Å². The van der Waals surface area contributed by atoms with Crippen molar-refractivity contribution in [1.29, 1.82) is 0 Å². The van der Waals surface area contributed by atoms with Crippen LogP contribution < -0.4 is 5.32 Å². The first-order valence-corrected chi connectivity index (χ1v) is 6.50. The molecule has 0 radical (unpaired) electrons. The zero-order valence-corrected chi connectivity index (χ0v) is 10.9. The van der Waals surface area contributed by atoms with Crippen LogP contribution in [0.4, 0.5) is 11.5 Å². The number of nitrogens with zero attached hydrogens (tertiary/aromatic N) is 2. The van der Waals surface area contributed by atoms with Gasteiger partial charge >= 0.3 is 5.69 Å². The standard InChI is InChI=1S/C11H10ClN3O2S/c12-10-4-3-9(15(16)17)11(14-10)13-6-5-8-2-1-7-18-8/h1-4,7H,5-6H2,(H,13,14). The highest BCUT2D eigenvalue weighted by atomic mass is 35.5. The van der Waals surface area contributed by atoms with Gasteiger partial charge in [0.1, 0.15) is 5.15 Å². The zero-order valence-electron chi connectivity index (χ0n) is 9.30. The molecule has 2 aromatic heterocycles. The molecule has 0 atom stereocenters. The number of nitro groups is 1. The molecule has 0 aromatic carbocycles. The summed E-state index contributed by atoms with van der Waals surface area (Å²) >= 11 is 7.38. The van der Waals surface area contributed by atoms with E-state index in [1.54, 1.807) is 11.3 Å². The normalized spacial score (nSPS) is 10.3. The molecule has 0 aliphatic carbocycles. The summed E-state index contributed by atoms with van der Waals surface area (Å²) in [5.74, 6) is 0.212. The molecular formula is C11H10ClN3O2S. The summed E-state index contributed by atoms with van der Waals surface area (Å²) in [6.45, 7) is 0.578. The van der Waals surface area contributed by atoms with Gasteiger partial charge in [-0.3, -0.25) is 10.1 Å². The number of nitrogens with one attached hydrogen (secondary N) is 1. The summed E-state index contributed by atoms with van der Waals surface area (Å²) in [5, 5.41) is 16.0. The van der Waals surface area contributed by atoms with Gasteiger partial charge in [-0.1, -0.05) is 17.7 Å². The molecular weight excluding hydrogens is 274 g/mol. The number of thiophene rings is 1. The predicted octanol–water partition coefficient (Wildman–Crippen LogP) is 3.36. The van der Waals surface area contributed by atoms with Gasteiger partial charge in [0.05, 0.1) is 4.92 Å². The lowest BCUT2D eigenvalue weighted by Crippen LogP contribution is -2.08. The monoisotopic (exact) mass is 283 g/mol. The summed E-state index contributed by atoms with van der Waals surface area (Å²) in [6, 6.07) is 6.75. The zero-order chi connectivity index (χ0) is 13.0. The van der Waals surface area contributed by atoms with E-state index in [-0.39, 0.29) is 16.7 Å². The van der Waals surface area contributed by atoms with E-state index in [1.807, 2.05) is 17.5 Å². The lowest BCUT2D eigenvalue weighted by Gasteiger charge is -2.05. The first-order valence-electron chi connectivity index (χ1n) is 5.24. The molecule has 0 aliphatic heterocycles. The molecule has 1 N–H and O–H groups in total. The van der Waals surface area contributed by atoms with Crippen LogP contribution >= 0.6 is 22.9 Å². The highest BCUT2D eigenvalue weighted by Gasteiger charge is 2.15. The maximum absolute atomic E-state index is 10.8. The number of anilines is 1. The lowest BCUT2D eigenvalue weighted by molar-refractivity contribution is -0.384. The second-order valence-corrected chi connectivity index (χ2v) is 4.93. The molecule has 0 saturated carbocycles. The van der Waals surface area contributed by atoms with E-state index in [0.29, 0.717) is 6.54 Å². The van der Waals surface area contributed by atoms with Crippen molar-refractivity contribution in [1.82, 2.24) is 4.98 Å². The van der Waals surface area contributed by atoms with Gasteiger partial charge in [0.15, 0.2) is 0 Å². The Morgan fingerprint density at radius 3 is 2.94 bits per heavy atom. The van der Waals surface area contributed by atoms with Crippen molar-refractivity contribution in [3.05, 3.63) is 49.8 Å². The highest BCUT2D eigenvalue weighted by Crippen LogP contribution is 2.23. The van der Waals surface area contributed by atoms with Crippen LogP contribution in [0.1, 0.15) is 4.88 Å². The van der Waals surface area contributed by atoms with E-state index in [4.69, 9.17) is 11.6 Å². The van der Waals surface area contributed by atoms with Gasteiger partial charge in [0, 0.05) is 17.5 Å². The Kier molecular flexibility index (Phi) is 4.11. The van der Waals surface area contributed by atoms with Crippen LogP contribution in [0.5, 0.6) is 0 Å². The van der Waals surface area contributed by atoms with Gasteiger partial charge in [-0.05, 0) is 23.9 Å². The Morgan fingerprint density at radius 2 is 2.28 bits per heavy atom. The van der Waals surface area contributed by atoms with Crippen molar-refractivity contribution < 1.29 is 4.92 Å². The molecule has 0 unspecified atom stereocenters. The van der Waals surface area contributed by atoms with Crippen LogP contribution in [0.15, 0.2) is 29.6 Å². The number of halogens is 1. The minimum Gasteiger partial charge on any atom is -0.364 e. The van der Waals surface area contributed by atoms with Gasteiger partial charge < -0.3 is 5.32 Å². The molecule has 7 heteroatoms. The summed E-state index contributed by atoms with van der Waals surface area (Å²) in [7, 11) is 0. The minimum atomic E-state index is -0.475. The smallest absolute Gasteiger partial charge is 0.311 e. The lowest BCUT2D eigenvalue weighted by atomic mass is 10.3. The second kappa shape index (κ2) is 5.79. The van der Waals surface area contributed by atoms with Gasteiger partial charge in [0.25, 0.3) is 0 Å². The van der Waals surface area contributed by atoms with Crippen molar-refractivity contribution in [2.45, 2.75) is 6.42 Å². The Bertz CT molecular complexity index is 545. The first-order chi connectivity index (χ1) is 8.66. The topological polar surface area (TPSA) is 68.1 Å². The first kappa shape index (κ1) is 12.8. The molecule has 94 valence electrons. The Balaban J connectivity index is 2.03. The van der Waals surface area contributed by atoms with Crippen molar-refractivity contribution in [2.75, 3.05) is 11.9 Å². The summed E-state index contributed by atoms with van der Waals surface area (Å²) in [6.07, 6.45) is 0.795. The van der Waals surface area contributed by atoms with Crippen LogP contribution in [0.2, 0.25) is 5.15 Å². The van der Waals surface area contributed by atoms with E-state index in [9.17, 15) is 10.1 Å². The molecule has 0 bridgehead atoms. The maximum atomic E-state index is 10.8. The number of hydrogen-bond acceptors (Lipinski definition) is 5. The Labute approximate surface area is 113 Å². The van der Waals surface area contributed by atoms with Crippen molar-refractivity contribution >= 4 is 34.4 Å². The van der Waals surface area contributed by atoms with E-state index < -0.39 is 4.92 Å². The number of pyridine rings is 1. The van der Waals surface area contributed by atoms with Crippen molar-refractivity contribution in [3.63, 3.8) is 0 Å². The number of hydrogen-bond donors (Lipinski definition) is 1. The molecule has 0 fully saturated rings. The summed E-state index contributed by atoms with van der Waals surface area (Å²) in [5.41, 5.74) is -0.0643. The Morgan fingerprint density at radius 1 is 1.44 bits per heavy atom. The largest absolute Gasteiger partial charge is 0.364 e. The number of aromatic nitrogens is 1. The summed E-state index contributed by atoms with van der Waals surface area (Å²) in [4.78, 5) is 15.5. The van der Waals surface area contributed by atoms with E-state index in [0.717, 1.165) is 6.42 Å². The molecule has 0 aliphatic rings. The van der Waals surface area contributed by atoms with Crippen LogP contribution in [-0.2, 0) is 6.42 Å². The molecule has 0 spiro atoms. The molecule has 2 heterocycles. The SMILES string of the molecule is O=[N+]([O-])c1ccc(Cl)nc1NCCc1cccs1. The van der Waals surface area contributed by atoms with Crippen LogP contribution in [0.25, 0.3) is 0 Å². The van der Waals surface area contributed by atoms with E-state index >= 15 is 0 Å². The molecule has 2 aromatic rings. The average molecular weight is 284 g/mol. The van der Waals surface area contributed by atoms with E-state index in [1.165, 1.54) is 17.0 Å². The quantitative estimate of drug-likeness (QED) is 0.519. The average Bonchev–Trinajstić information content (AvgIpc) is 2.82. The van der Waals surface area contributed by atoms with Gasteiger partial charge in [-0.25, -0.2) is 4.98 Å². The fourth-order valence-electron chi connectivity index (χ4n) is 1.46. The predicted molar refractivity (Wildman–Crippen MR) is 72.4 cm³/mol. The third-order valence-corrected chi connectivity index (χ3v) is 3.43. The van der Waals surface area contributed by atoms with Gasteiger partial charge in [-0.15, -0.1) is 11.3 Å². The summed E-state index contributed by atoms with van der Waals surface area (Å²) < 4.78 is 0. The molecule has 0 amide bonds. The molecule has 2 rings (SSSR count). The van der Waals surface area contributed by atoms with Crippen molar-refractivity contribution in [3.8, 4) is 0 Å². The van der Waals surface area contributed by atoms with Crippen LogP contribution in [-0.4, -0.2) is 16.5 Å². The van der Waals surface area contributed by atoms with E-state index in [2.05, 4.69) is 10.3 Å². The third-order valence-electron chi connectivity index (χ3n) is 2.28. The van der Waals surface area contributed by atoms with Crippen molar-refractivity contribution in [2.24, 2.45) is 0 Å². The Hall–Kier alpha value is -1.66. The van der Waals surface area contributed by atoms with Crippen LogP contribution in [0.3, 0.4) is 0 Å². The fourth-order valence-corrected chi connectivity index (χ4v) is 2.32. The molecule has 0 saturated heterocycles. The molecule has 18 heavy (non-hydrogen) atoms. The van der Waals surface area contributed by atoms with Crippen LogP contribution in [0, 0.1) is 10.1 Å². The maximum Gasteiger partial charge on any atom is 0.311 e. The fraction of sp³-hybridized carbons (Fsp3) is 0.182. The minimum absolute atomic E-state index is 0.0643. The third kappa shape index (κ3) is 3.18. The molecule has 5 nitrogen and oxygen atoms in total. The second-order valence-electron chi connectivity index (χ2n) is 3.51. The number of rotatable bonds is 5.